The maximum atomic E-state index is 13.5. The van der Waals surface area contributed by atoms with E-state index in [2.05, 4.69) is 20.7 Å². The van der Waals surface area contributed by atoms with Crippen LogP contribution in [0.15, 0.2) is 36.5 Å². The maximum Gasteiger partial charge on any atom is 0.422 e. The van der Waals surface area contributed by atoms with Crippen molar-refractivity contribution in [1.82, 2.24) is 25.4 Å². The summed E-state index contributed by atoms with van der Waals surface area (Å²) in [5.41, 5.74) is 1.20. The van der Waals surface area contributed by atoms with Gasteiger partial charge in [-0.15, -0.1) is 0 Å². The van der Waals surface area contributed by atoms with Gasteiger partial charge in [-0.3, -0.25) is 9.59 Å². The van der Waals surface area contributed by atoms with E-state index in [1.54, 1.807) is 25.1 Å². The normalized spacial score (nSPS) is 18.3. The van der Waals surface area contributed by atoms with Crippen LogP contribution in [0.5, 0.6) is 5.75 Å². The summed E-state index contributed by atoms with van der Waals surface area (Å²) in [6, 6.07) is 7.78. The first-order valence-corrected chi connectivity index (χ1v) is 12.3. The fraction of sp³-hybridized carbons (Fsp3) is 0.385. The third-order valence-electron chi connectivity index (χ3n) is 6.84. The van der Waals surface area contributed by atoms with Crippen LogP contribution in [0.4, 0.5) is 26.3 Å². The zero-order valence-electron chi connectivity index (χ0n) is 21.0. The van der Waals surface area contributed by atoms with E-state index < -0.39 is 49.3 Å². The molecule has 1 atom stereocenters. The summed E-state index contributed by atoms with van der Waals surface area (Å²) in [6.07, 6.45) is -7.70. The lowest BCUT2D eigenvalue weighted by Crippen LogP contribution is -2.50. The molecule has 40 heavy (non-hydrogen) atoms. The first-order valence-electron chi connectivity index (χ1n) is 12.3. The molecule has 2 aromatic heterocycles. The molecule has 2 N–H and O–H groups in total. The van der Waals surface area contributed by atoms with Crippen molar-refractivity contribution in [2.24, 2.45) is 0 Å². The minimum atomic E-state index is -4.49. The monoisotopic (exact) mass is 567 g/mol. The van der Waals surface area contributed by atoms with Gasteiger partial charge in [-0.2, -0.15) is 31.4 Å². The molecule has 3 aromatic rings. The number of halogens is 6. The second-order valence-electron chi connectivity index (χ2n) is 9.83. The van der Waals surface area contributed by atoms with Crippen molar-refractivity contribution in [3.05, 3.63) is 70.2 Å². The van der Waals surface area contributed by atoms with Gasteiger partial charge in [-0.1, -0.05) is 12.1 Å². The number of aromatic nitrogens is 3. The third kappa shape index (κ3) is 5.47. The molecule has 0 saturated carbocycles. The van der Waals surface area contributed by atoms with Crippen molar-refractivity contribution in [3.8, 4) is 11.6 Å². The van der Waals surface area contributed by atoms with Gasteiger partial charge in [0.2, 0.25) is 0 Å². The summed E-state index contributed by atoms with van der Waals surface area (Å²) in [5, 5.41) is 9.66. The minimum absolute atomic E-state index is 0.0449. The zero-order valence-corrected chi connectivity index (χ0v) is 21.0. The Labute approximate surface area is 223 Å². The van der Waals surface area contributed by atoms with Crippen LogP contribution in [0.25, 0.3) is 5.82 Å². The van der Waals surface area contributed by atoms with Gasteiger partial charge in [0.15, 0.2) is 12.4 Å². The molecule has 8 nitrogen and oxygen atoms in total. The first-order chi connectivity index (χ1) is 18.7. The molecule has 0 saturated heterocycles. The number of rotatable bonds is 6. The number of fused-ring (bicyclic) bond motifs is 3. The van der Waals surface area contributed by atoms with Crippen molar-refractivity contribution >= 4 is 11.8 Å². The molecular weight excluding hydrogens is 544 g/mol. The zero-order chi connectivity index (χ0) is 28.9. The predicted molar refractivity (Wildman–Crippen MR) is 128 cm³/mol. The summed E-state index contributed by atoms with van der Waals surface area (Å²) in [5.74, 6) is -1.32. The van der Waals surface area contributed by atoms with E-state index in [0.717, 1.165) is 10.2 Å². The summed E-state index contributed by atoms with van der Waals surface area (Å²) >= 11 is 0. The number of amides is 2. The summed E-state index contributed by atoms with van der Waals surface area (Å²) in [4.78, 5) is 30.9. The number of nitrogens with one attached hydrogen (secondary N) is 2. The third-order valence-corrected chi connectivity index (χ3v) is 6.84. The van der Waals surface area contributed by atoms with E-state index in [-0.39, 0.29) is 34.9 Å². The van der Waals surface area contributed by atoms with E-state index >= 15 is 0 Å². The van der Waals surface area contributed by atoms with Gasteiger partial charge < -0.3 is 15.4 Å². The second-order valence-corrected chi connectivity index (χ2v) is 9.83. The summed E-state index contributed by atoms with van der Waals surface area (Å²) < 4.78 is 81.8. The SMILES string of the molecule is Cc1ccc(-n2nc3c(c2C(=O)NCCC(F)(F)F)C(=O)N[C@@]2(CCc4cc(OCC(F)(F)F)ccc42)C3)nc1. The van der Waals surface area contributed by atoms with Crippen LogP contribution in [-0.4, -0.2) is 52.1 Å². The number of pyridine rings is 1. The largest absolute Gasteiger partial charge is 0.484 e. The molecule has 3 heterocycles. The molecule has 1 aromatic carbocycles. The van der Waals surface area contributed by atoms with Crippen molar-refractivity contribution in [2.75, 3.05) is 13.2 Å². The van der Waals surface area contributed by atoms with E-state index in [9.17, 15) is 35.9 Å². The number of benzene rings is 1. The Morgan fingerprint density at radius 3 is 2.60 bits per heavy atom. The van der Waals surface area contributed by atoms with E-state index in [4.69, 9.17) is 4.74 Å². The fourth-order valence-electron chi connectivity index (χ4n) is 5.09. The number of nitrogens with zero attached hydrogens (tertiary/aromatic N) is 3. The van der Waals surface area contributed by atoms with Gasteiger partial charge >= 0.3 is 12.4 Å². The Morgan fingerprint density at radius 2 is 1.93 bits per heavy atom. The molecule has 212 valence electrons. The van der Waals surface area contributed by atoms with Crippen LogP contribution in [-0.2, 0) is 18.4 Å². The molecule has 1 aliphatic heterocycles. The molecule has 0 unspecified atom stereocenters. The lowest BCUT2D eigenvalue weighted by Gasteiger charge is -2.35. The molecule has 14 heteroatoms. The van der Waals surface area contributed by atoms with Gasteiger partial charge in [-0.25, -0.2) is 9.67 Å². The molecule has 5 rings (SSSR count). The highest BCUT2D eigenvalue weighted by atomic mass is 19.4. The smallest absolute Gasteiger partial charge is 0.422 e. The first kappa shape index (κ1) is 27.5. The quantitative estimate of drug-likeness (QED) is 0.433. The lowest BCUT2D eigenvalue weighted by molar-refractivity contribution is -0.153. The van der Waals surface area contributed by atoms with Crippen LogP contribution >= 0.6 is 0 Å². The average molecular weight is 567 g/mol. The van der Waals surface area contributed by atoms with Crippen molar-refractivity contribution in [3.63, 3.8) is 0 Å². The fourth-order valence-corrected chi connectivity index (χ4v) is 5.09. The van der Waals surface area contributed by atoms with Gasteiger partial charge in [0, 0.05) is 19.2 Å². The lowest BCUT2D eigenvalue weighted by atomic mass is 9.82. The van der Waals surface area contributed by atoms with Gasteiger partial charge in [0.1, 0.15) is 11.4 Å². The van der Waals surface area contributed by atoms with Crippen molar-refractivity contribution in [1.29, 1.82) is 0 Å². The van der Waals surface area contributed by atoms with Crippen LogP contribution < -0.4 is 15.4 Å². The standard InChI is InChI=1S/C26H23F6N5O3/c1-14-2-5-19(34-12-14)37-21(23(39)33-9-8-25(27,28)29)20-18(36-37)11-24(35-22(20)38)7-6-15-10-16(3-4-17(15)24)40-13-26(30,31)32/h2-5,10,12H,6-9,11,13H2,1H3,(H,33,39)(H,35,38)/t24-/m0/s1. The molecule has 2 aliphatic rings. The Bertz CT molecular complexity index is 1470. The van der Waals surface area contributed by atoms with Crippen molar-refractivity contribution in [2.45, 2.75) is 50.5 Å². The highest BCUT2D eigenvalue weighted by molar-refractivity contribution is 6.08. The Hall–Kier alpha value is -4.10. The number of ether oxygens (including phenoxy) is 1. The van der Waals surface area contributed by atoms with Crippen LogP contribution in [0.3, 0.4) is 0 Å². The van der Waals surface area contributed by atoms with E-state index in [1.807, 2.05) is 0 Å². The molecule has 0 radical (unpaired) electrons. The molecule has 1 spiro atoms. The Kier molecular flexibility index (Phi) is 6.74. The number of hydrogen-bond donors (Lipinski definition) is 2. The van der Waals surface area contributed by atoms with Gasteiger partial charge in [-0.05, 0) is 54.7 Å². The number of carbonyl (C=O) groups is 2. The van der Waals surface area contributed by atoms with E-state index in [1.165, 1.54) is 18.3 Å². The molecule has 2 amide bonds. The predicted octanol–water partition coefficient (Wildman–Crippen LogP) is 4.33. The molecule has 0 fully saturated rings. The van der Waals surface area contributed by atoms with Crippen LogP contribution in [0.1, 0.15) is 56.1 Å². The second kappa shape index (κ2) is 9.82. The summed E-state index contributed by atoms with van der Waals surface area (Å²) in [6.45, 7) is -0.333. The van der Waals surface area contributed by atoms with Crippen molar-refractivity contribution < 1.29 is 40.7 Å². The number of alkyl halides is 6. The topological polar surface area (TPSA) is 98.1 Å². The average Bonchev–Trinajstić information content (AvgIpc) is 3.41. The van der Waals surface area contributed by atoms with Gasteiger partial charge in [0.25, 0.3) is 11.8 Å². The summed E-state index contributed by atoms with van der Waals surface area (Å²) in [7, 11) is 0. The van der Waals surface area contributed by atoms with Crippen LogP contribution in [0.2, 0.25) is 0 Å². The van der Waals surface area contributed by atoms with E-state index in [0.29, 0.717) is 24.0 Å². The Morgan fingerprint density at radius 1 is 1.15 bits per heavy atom. The molecular formula is C26H23F6N5O3. The Balaban J connectivity index is 1.49. The highest BCUT2D eigenvalue weighted by Gasteiger charge is 2.47. The van der Waals surface area contributed by atoms with Gasteiger partial charge in [0.05, 0.1) is 23.2 Å². The maximum absolute atomic E-state index is 13.5. The highest BCUT2D eigenvalue weighted by Crippen LogP contribution is 2.44. The number of carbonyl (C=O) groups excluding carboxylic acids is 2. The minimum Gasteiger partial charge on any atom is -0.484 e. The molecule has 1 aliphatic carbocycles. The molecule has 0 bridgehead atoms. The number of aryl methyl sites for hydroxylation is 2. The number of hydrogen-bond acceptors (Lipinski definition) is 5. The van der Waals surface area contributed by atoms with Crippen LogP contribution in [0, 0.1) is 6.92 Å².